The van der Waals surface area contributed by atoms with Crippen LogP contribution in [-0.4, -0.2) is 34.0 Å². The van der Waals surface area contributed by atoms with E-state index in [-0.39, 0.29) is 11.9 Å². The van der Waals surface area contributed by atoms with Crippen molar-refractivity contribution in [3.8, 4) is 0 Å². The summed E-state index contributed by atoms with van der Waals surface area (Å²) in [6.07, 6.45) is 3.47. The summed E-state index contributed by atoms with van der Waals surface area (Å²) in [5, 5.41) is 2.70. The molecule has 0 spiro atoms. The van der Waals surface area contributed by atoms with E-state index >= 15 is 0 Å². The van der Waals surface area contributed by atoms with Crippen LogP contribution in [-0.2, 0) is 13.6 Å². The normalized spacial score (nSPS) is 18.8. The summed E-state index contributed by atoms with van der Waals surface area (Å²) in [5.74, 6) is 1.61. The van der Waals surface area contributed by atoms with Gasteiger partial charge in [-0.25, -0.2) is 4.98 Å². The summed E-state index contributed by atoms with van der Waals surface area (Å²) in [7, 11) is 3.63. The van der Waals surface area contributed by atoms with Gasteiger partial charge in [0.15, 0.2) is 0 Å². The Bertz CT molecular complexity index is 712. The molecule has 24 heavy (non-hydrogen) atoms. The van der Waals surface area contributed by atoms with E-state index in [2.05, 4.69) is 21.3 Å². The first kappa shape index (κ1) is 16.8. The van der Waals surface area contributed by atoms with Gasteiger partial charge in [0.25, 0.3) is 5.91 Å². The molecule has 6 nitrogen and oxygen atoms in total. The molecule has 1 aliphatic rings. The Labute approximate surface area is 142 Å². The van der Waals surface area contributed by atoms with Crippen molar-refractivity contribution in [2.75, 3.05) is 13.6 Å². The molecule has 3 heterocycles. The van der Waals surface area contributed by atoms with Crippen molar-refractivity contribution in [3.63, 3.8) is 0 Å². The molecular weight excluding hydrogens is 304 g/mol. The molecule has 1 atom stereocenters. The summed E-state index contributed by atoms with van der Waals surface area (Å²) >= 11 is 0. The van der Waals surface area contributed by atoms with E-state index in [0.717, 1.165) is 30.3 Å². The zero-order chi connectivity index (χ0) is 17.3. The quantitative estimate of drug-likeness (QED) is 0.936. The van der Waals surface area contributed by atoms with Gasteiger partial charge in [0.05, 0.1) is 18.3 Å². The van der Waals surface area contributed by atoms with Gasteiger partial charge in [-0.1, -0.05) is 6.42 Å². The lowest BCUT2D eigenvalue weighted by Crippen LogP contribution is -2.34. The molecule has 0 saturated carbocycles. The summed E-state index contributed by atoms with van der Waals surface area (Å²) in [5.41, 5.74) is 2.83. The van der Waals surface area contributed by atoms with E-state index in [4.69, 9.17) is 4.42 Å². The second-order valence-electron chi connectivity index (χ2n) is 6.51. The topological polar surface area (TPSA) is 63.3 Å². The molecule has 2 aromatic heterocycles. The SMILES string of the molecule is CNC(=O)c1ccc(C2CCCCN2Cc2nc(C)c(C)o2)n1C. The number of likely N-dealkylation sites (tertiary alicyclic amines) is 1. The zero-order valence-corrected chi connectivity index (χ0v) is 14.9. The number of aromatic nitrogens is 2. The third-order valence-electron chi connectivity index (χ3n) is 4.99. The second-order valence-corrected chi connectivity index (χ2v) is 6.51. The molecule has 130 valence electrons. The molecule has 0 aromatic carbocycles. The fraction of sp³-hybridized carbons (Fsp3) is 0.556. The Morgan fingerprint density at radius 3 is 2.83 bits per heavy atom. The molecule has 0 bridgehead atoms. The van der Waals surface area contributed by atoms with E-state index < -0.39 is 0 Å². The van der Waals surface area contributed by atoms with E-state index in [1.165, 1.54) is 18.5 Å². The number of rotatable bonds is 4. The lowest BCUT2D eigenvalue weighted by Gasteiger charge is -2.35. The lowest BCUT2D eigenvalue weighted by molar-refractivity contribution is 0.0951. The highest BCUT2D eigenvalue weighted by Gasteiger charge is 2.28. The maximum Gasteiger partial charge on any atom is 0.267 e. The first-order chi connectivity index (χ1) is 11.5. The molecule has 1 N–H and O–H groups in total. The molecule has 3 rings (SSSR count). The molecule has 1 aliphatic heterocycles. The number of aryl methyl sites for hydroxylation is 2. The highest BCUT2D eigenvalue weighted by molar-refractivity contribution is 5.92. The van der Waals surface area contributed by atoms with Gasteiger partial charge in [-0.05, 0) is 45.4 Å². The molecule has 0 aliphatic carbocycles. The minimum atomic E-state index is -0.0509. The van der Waals surface area contributed by atoms with Crippen LogP contribution in [0.3, 0.4) is 0 Å². The number of piperidine rings is 1. The first-order valence-electron chi connectivity index (χ1n) is 8.56. The third-order valence-corrected chi connectivity index (χ3v) is 4.99. The number of nitrogens with zero attached hydrogens (tertiary/aromatic N) is 3. The molecular formula is C18H26N4O2. The van der Waals surface area contributed by atoms with Gasteiger partial charge >= 0.3 is 0 Å². The number of hydrogen-bond donors (Lipinski definition) is 1. The number of carbonyl (C=O) groups is 1. The van der Waals surface area contributed by atoms with E-state index in [9.17, 15) is 4.79 Å². The van der Waals surface area contributed by atoms with Crippen LogP contribution < -0.4 is 5.32 Å². The van der Waals surface area contributed by atoms with E-state index in [1.54, 1.807) is 7.05 Å². The predicted octanol–water partition coefficient (Wildman–Crippen LogP) is 2.72. The first-order valence-corrected chi connectivity index (χ1v) is 8.56. The Kier molecular flexibility index (Phi) is 4.76. The number of hydrogen-bond acceptors (Lipinski definition) is 4. The Morgan fingerprint density at radius 1 is 1.38 bits per heavy atom. The summed E-state index contributed by atoms with van der Waals surface area (Å²) in [6, 6.07) is 4.26. The van der Waals surface area contributed by atoms with Crippen LogP contribution in [0.15, 0.2) is 16.5 Å². The van der Waals surface area contributed by atoms with Crippen LogP contribution in [0.4, 0.5) is 0 Å². The fourth-order valence-electron chi connectivity index (χ4n) is 3.51. The molecule has 1 amide bonds. The molecule has 2 aromatic rings. The van der Waals surface area contributed by atoms with Crippen molar-refractivity contribution in [2.24, 2.45) is 7.05 Å². The van der Waals surface area contributed by atoms with Crippen molar-refractivity contribution in [1.29, 1.82) is 0 Å². The second kappa shape index (κ2) is 6.81. The number of nitrogens with one attached hydrogen (secondary N) is 1. The summed E-state index contributed by atoms with van der Waals surface area (Å²) < 4.78 is 7.78. The van der Waals surface area contributed by atoms with Crippen molar-refractivity contribution in [1.82, 2.24) is 19.8 Å². The van der Waals surface area contributed by atoms with Gasteiger partial charge in [-0.15, -0.1) is 0 Å². The van der Waals surface area contributed by atoms with Crippen LogP contribution in [0, 0.1) is 13.8 Å². The largest absolute Gasteiger partial charge is 0.444 e. The maximum atomic E-state index is 12.0. The van der Waals surface area contributed by atoms with Crippen molar-refractivity contribution in [3.05, 3.63) is 40.9 Å². The van der Waals surface area contributed by atoms with Crippen LogP contribution in [0.25, 0.3) is 0 Å². The van der Waals surface area contributed by atoms with Crippen LogP contribution in [0.2, 0.25) is 0 Å². The van der Waals surface area contributed by atoms with Gasteiger partial charge in [-0.2, -0.15) is 0 Å². The third kappa shape index (κ3) is 3.11. The molecule has 6 heteroatoms. The Morgan fingerprint density at radius 2 is 2.17 bits per heavy atom. The fourth-order valence-corrected chi connectivity index (χ4v) is 3.51. The van der Waals surface area contributed by atoms with Crippen LogP contribution in [0.5, 0.6) is 0 Å². The Hall–Kier alpha value is -2.08. The highest BCUT2D eigenvalue weighted by Crippen LogP contribution is 2.33. The number of carbonyl (C=O) groups excluding carboxylic acids is 1. The minimum Gasteiger partial charge on any atom is -0.444 e. The molecule has 1 saturated heterocycles. The van der Waals surface area contributed by atoms with Crippen molar-refractivity contribution < 1.29 is 9.21 Å². The van der Waals surface area contributed by atoms with E-state index in [0.29, 0.717) is 12.2 Å². The zero-order valence-electron chi connectivity index (χ0n) is 14.9. The maximum absolute atomic E-state index is 12.0. The molecule has 0 radical (unpaired) electrons. The van der Waals surface area contributed by atoms with Gasteiger partial charge in [-0.3, -0.25) is 9.69 Å². The predicted molar refractivity (Wildman–Crippen MR) is 91.8 cm³/mol. The minimum absolute atomic E-state index is 0.0509. The van der Waals surface area contributed by atoms with Crippen molar-refractivity contribution in [2.45, 2.75) is 45.7 Å². The summed E-state index contributed by atoms with van der Waals surface area (Å²) in [6.45, 7) is 5.65. The van der Waals surface area contributed by atoms with Crippen LogP contribution >= 0.6 is 0 Å². The molecule has 1 unspecified atom stereocenters. The highest BCUT2D eigenvalue weighted by atomic mass is 16.4. The van der Waals surface area contributed by atoms with Gasteiger partial charge in [0.2, 0.25) is 5.89 Å². The standard InChI is InChI=1S/C18H26N4O2/c1-12-13(2)24-17(20-12)11-22-10-6-5-7-15(22)14-8-9-16(21(14)4)18(23)19-3/h8-9,15H,5-7,10-11H2,1-4H3,(H,19,23). The average molecular weight is 330 g/mol. The smallest absolute Gasteiger partial charge is 0.267 e. The summed E-state index contributed by atoms with van der Waals surface area (Å²) in [4.78, 5) is 18.9. The van der Waals surface area contributed by atoms with Gasteiger partial charge < -0.3 is 14.3 Å². The van der Waals surface area contributed by atoms with Crippen LogP contribution in [0.1, 0.15) is 58.8 Å². The van der Waals surface area contributed by atoms with Crippen molar-refractivity contribution >= 4 is 5.91 Å². The Balaban J connectivity index is 1.84. The van der Waals surface area contributed by atoms with Gasteiger partial charge in [0, 0.05) is 19.8 Å². The number of amides is 1. The average Bonchev–Trinajstić information content (AvgIpc) is 3.10. The monoisotopic (exact) mass is 330 g/mol. The number of oxazole rings is 1. The van der Waals surface area contributed by atoms with E-state index in [1.807, 2.05) is 31.5 Å². The van der Waals surface area contributed by atoms with Gasteiger partial charge in [0.1, 0.15) is 11.5 Å². The lowest BCUT2D eigenvalue weighted by atomic mass is 9.99. The molecule has 1 fully saturated rings.